The third-order valence-electron chi connectivity index (χ3n) is 4.56. The van der Waals surface area contributed by atoms with Crippen LogP contribution in [0.1, 0.15) is 24.6 Å². The smallest absolute Gasteiger partial charge is 0.277 e. The van der Waals surface area contributed by atoms with Crippen LogP contribution in [0.15, 0.2) is 27.0 Å². The van der Waals surface area contributed by atoms with E-state index in [1.807, 2.05) is 0 Å². The van der Waals surface area contributed by atoms with Crippen molar-refractivity contribution in [3.63, 3.8) is 0 Å². The Bertz CT molecular complexity index is 1050. The number of likely N-dealkylation sites (N-methyl/N-ethyl adjacent to an activating group) is 1. The average Bonchev–Trinajstić information content (AvgIpc) is 3.36. The van der Waals surface area contributed by atoms with E-state index in [9.17, 15) is 19.2 Å². The minimum atomic E-state index is -1.01. The van der Waals surface area contributed by atoms with Crippen molar-refractivity contribution in [1.82, 2.24) is 30.2 Å². The Labute approximate surface area is 163 Å². The maximum Gasteiger partial charge on any atom is 0.277 e. The first kappa shape index (κ1) is 18.5. The number of rotatable bonds is 5. The van der Waals surface area contributed by atoms with Crippen LogP contribution in [0.3, 0.4) is 0 Å². The molecule has 2 aliphatic rings. The number of imide groups is 2. The summed E-state index contributed by atoms with van der Waals surface area (Å²) >= 11 is 0. The molecule has 0 spiro atoms. The van der Waals surface area contributed by atoms with Crippen molar-refractivity contribution in [2.45, 2.75) is 32.4 Å². The van der Waals surface area contributed by atoms with E-state index in [4.69, 9.17) is 8.94 Å². The standard InChI is InChI=1S/C17H16N6O6/c1-8-18-9(7-28-8)15-20-13(29-21-15)6-22(2)11-5-14(25)23(17(11)27)10-3-4-12(24)19-16(10)26/h5,7,10H,3-4,6H2,1-2H3,(H,19,24,26). The lowest BCUT2D eigenvalue weighted by molar-refractivity contribution is -0.150. The zero-order valence-electron chi connectivity index (χ0n) is 15.5. The molecule has 2 aliphatic heterocycles. The van der Waals surface area contributed by atoms with Crippen LogP contribution in [0.5, 0.6) is 0 Å². The minimum Gasteiger partial charge on any atom is -0.449 e. The number of oxazole rings is 1. The van der Waals surface area contributed by atoms with Crippen LogP contribution in [-0.4, -0.2) is 61.6 Å². The molecule has 1 unspecified atom stereocenters. The van der Waals surface area contributed by atoms with Gasteiger partial charge in [0.2, 0.25) is 23.5 Å². The number of nitrogens with zero attached hydrogens (tertiary/aromatic N) is 5. The predicted octanol–water partition coefficient (Wildman–Crippen LogP) is -0.477. The van der Waals surface area contributed by atoms with E-state index in [0.29, 0.717) is 11.6 Å². The Balaban J connectivity index is 1.46. The van der Waals surface area contributed by atoms with Gasteiger partial charge in [-0.3, -0.25) is 29.4 Å². The highest BCUT2D eigenvalue weighted by Crippen LogP contribution is 2.24. The van der Waals surface area contributed by atoms with Gasteiger partial charge in [-0.25, -0.2) is 4.98 Å². The molecule has 1 saturated heterocycles. The van der Waals surface area contributed by atoms with Crippen LogP contribution in [-0.2, 0) is 25.7 Å². The number of hydrogen-bond donors (Lipinski definition) is 1. The lowest BCUT2D eigenvalue weighted by Gasteiger charge is -2.29. The van der Waals surface area contributed by atoms with Gasteiger partial charge in [0.1, 0.15) is 23.7 Å². The summed E-state index contributed by atoms with van der Waals surface area (Å²) in [5, 5.41) is 5.96. The fourth-order valence-electron chi connectivity index (χ4n) is 3.15. The molecular formula is C17H16N6O6. The molecule has 4 amide bonds. The number of carbonyl (C=O) groups is 4. The Morgan fingerprint density at radius 1 is 1.28 bits per heavy atom. The van der Waals surface area contributed by atoms with Crippen molar-refractivity contribution in [3.8, 4) is 11.5 Å². The molecule has 0 saturated carbocycles. The van der Waals surface area contributed by atoms with Gasteiger partial charge >= 0.3 is 0 Å². The van der Waals surface area contributed by atoms with Crippen molar-refractivity contribution in [1.29, 1.82) is 0 Å². The quantitative estimate of drug-likeness (QED) is 0.652. The van der Waals surface area contributed by atoms with E-state index < -0.39 is 29.7 Å². The van der Waals surface area contributed by atoms with Gasteiger partial charge in [-0.1, -0.05) is 5.16 Å². The molecule has 0 aliphatic carbocycles. The summed E-state index contributed by atoms with van der Waals surface area (Å²) in [6, 6.07) is -1.01. The van der Waals surface area contributed by atoms with Gasteiger partial charge in [-0.2, -0.15) is 4.98 Å². The van der Waals surface area contributed by atoms with Crippen LogP contribution < -0.4 is 5.32 Å². The number of nitrogens with one attached hydrogen (secondary N) is 1. The molecule has 1 atom stereocenters. The van der Waals surface area contributed by atoms with Crippen LogP contribution in [0.25, 0.3) is 11.5 Å². The zero-order valence-corrected chi connectivity index (χ0v) is 15.5. The molecule has 4 heterocycles. The summed E-state index contributed by atoms with van der Waals surface area (Å²) in [7, 11) is 1.58. The molecule has 0 aromatic carbocycles. The summed E-state index contributed by atoms with van der Waals surface area (Å²) in [5.41, 5.74) is 0.493. The third-order valence-corrected chi connectivity index (χ3v) is 4.56. The van der Waals surface area contributed by atoms with E-state index >= 15 is 0 Å². The highest BCUT2D eigenvalue weighted by atomic mass is 16.5. The number of aryl methyl sites for hydroxylation is 1. The Kier molecular flexibility index (Phi) is 4.45. The third kappa shape index (κ3) is 3.39. The van der Waals surface area contributed by atoms with Crippen LogP contribution in [0.4, 0.5) is 0 Å². The van der Waals surface area contributed by atoms with Crippen molar-refractivity contribution in [2.75, 3.05) is 7.05 Å². The lowest BCUT2D eigenvalue weighted by atomic mass is 10.0. The SMILES string of the molecule is Cc1nc(-c2noc(CN(C)C3=CC(=O)N(C4CCC(=O)NC4=O)C3=O)n2)co1. The second-order valence-corrected chi connectivity index (χ2v) is 6.63. The molecule has 4 rings (SSSR count). The molecule has 0 radical (unpaired) electrons. The molecule has 12 heteroatoms. The number of hydrogen-bond acceptors (Lipinski definition) is 10. The minimum absolute atomic E-state index is 0.0534. The molecule has 2 aromatic heterocycles. The lowest BCUT2D eigenvalue weighted by Crippen LogP contribution is -2.54. The number of carbonyl (C=O) groups excluding carboxylic acids is 4. The van der Waals surface area contributed by atoms with E-state index in [1.54, 1.807) is 14.0 Å². The summed E-state index contributed by atoms with van der Waals surface area (Å²) in [5.74, 6) is -1.44. The predicted molar refractivity (Wildman–Crippen MR) is 92.1 cm³/mol. The van der Waals surface area contributed by atoms with E-state index in [0.717, 1.165) is 11.0 Å². The fourth-order valence-corrected chi connectivity index (χ4v) is 3.15. The van der Waals surface area contributed by atoms with E-state index in [-0.39, 0.29) is 36.8 Å². The summed E-state index contributed by atoms with van der Waals surface area (Å²) in [6.07, 6.45) is 2.69. The van der Waals surface area contributed by atoms with Gasteiger partial charge in [0.05, 0.1) is 6.54 Å². The fraction of sp³-hybridized carbons (Fsp3) is 0.353. The normalized spacial score (nSPS) is 19.6. The second-order valence-electron chi connectivity index (χ2n) is 6.63. The highest BCUT2D eigenvalue weighted by Gasteiger charge is 2.43. The van der Waals surface area contributed by atoms with Crippen LogP contribution in [0.2, 0.25) is 0 Å². The van der Waals surface area contributed by atoms with E-state index in [2.05, 4.69) is 20.4 Å². The first-order valence-corrected chi connectivity index (χ1v) is 8.72. The van der Waals surface area contributed by atoms with Gasteiger partial charge in [-0.15, -0.1) is 0 Å². The summed E-state index contributed by atoms with van der Waals surface area (Å²) in [6.45, 7) is 1.74. The van der Waals surface area contributed by atoms with Crippen LogP contribution in [0, 0.1) is 6.92 Å². The Morgan fingerprint density at radius 2 is 2.07 bits per heavy atom. The van der Waals surface area contributed by atoms with Crippen molar-refractivity contribution in [3.05, 3.63) is 29.8 Å². The zero-order chi connectivity index (χ0) is 20.7. The van der Waals surface area contributed by atoms with Crippen molar-refractivity contribution < 1.29 is 28.1 Å². The molecule has 2 aromatic rings. The average molecular weight is 400 g/mol. The number of piperidine rings is 1. The molecule has 0 bridgehead atoms. The largest absolute Gasteiger partial charge is 0.449 e. The monoisotopic (exact) mass is 400 g/mol. The van der Waals surface area contributed by atoms with Gasteiger partial charge in [-0.05, 0) is 6.42 Å². The first-order chi connectivity index (χ1) is 13.8. The van der Waals surface area contributed by atoms with Gasteiger partial charge < -0.3 is 13.8 Å². The highest BCUT2D eigenvalue weighted by molar-refractivity contribution is 6.18. The molecule has 1 N–H and O–H groups in total. The summed E-state index contributed by atoms with van der Waals surface area (Å²) < 4.78 is 10.3. The first-order valence-electron chi connectivity index (χ1n) is 8.72. The molecule has 12 nitrogen and oxygen atoms in total. The van der Waals surface area contributed by atoms with Crippen molar-refractivity contribution >= 4 is 23.6 Å². The van der Waals surface area contributed by atoms with Crippen LogP contribution >= 0.6 is 0 Å². The molecule has 1 fully saturated rings. The maximum atomic E-state index is 12.7. The topological polar surface area (TPSA) is 152 Å². The molecule has 29 heavy (non-hydrogen) atoms. The van der Waals surface area contributed by atoms with Crippen molar-refractivity contribution in [2.24, 2.45) is 0 Å². The van der Waals surface area contributed by atoms with Gasteiger partial charge in [0, 0.05) is 26.5 Å². The Morgan fingerprint density at radius 3 is 2.76 bits per heavy atom. The molecule has 150 valence electrons. The molecular weight excluding hydrogens is 384 g/mol. The van der Waals surface area contributed by atoms with Gasteiger partial charge in [0.25, 0.3) is 11.8 Å². The van der Waals surface area contributed by atoms with E-state index in [1.165, 1.54) is 11.2 Å². The maximum absolute atomic E-state index is 12.7. The Hall–Kier alpha value is -3.83. The van der Waals surface area contributed by atoms with Gasteiger partial charge in [0.15, 0.2) is 5.89 Å². The number of amides is 4. The second kappa shape index (κ2) is 6.96. The summed E-state index contributed by atoms with van der Waals surface area (Å²) in [4.78, 5) is 59.0. The number of aromatic nitrogens is 3.